The van der Waals surface area contributed by atoms with Gasteiger partial charge in [-0.1, -0.05) is 11.3 Å². The molecule has 0 rings (SSSR count). The van der Waals surface area contributed by atoms with Crippen molar-refractivity contribution in [3.8, 4) is 0 Å². The fraction of sp³-hybridized carbons (Fsp3) is 0.500. The van der Waals surface area contributed by atoms with Crippen LogP contribution in [0.5, 0.6) is 0 Å². The molecular weight excluding hydrogens is 168 g/mol. The second-order valence-electron chi connectivity index (χ2n) is 2.17. The lowest BCUT2D eigenvalue weighted by Crippen LogP contribution is -2.39. The molecule has 0 saturated carbocycles. The van der Waals surface area contributed by atoms with Gasteiger partial charge >= 0.3 is 9.05 Å². The second kappa shape index (κ2) is 4.01. The lowest BCUT2D eigenvalue weighted by Gasteiger charge is -2.07. The van der Waals surface area contributed by atoms with E-state index in [0.29, 0.717) is 0 Å². The van der Waals surface area contributed by atoms with E-state index in [-0.39, 0.29) is 0 Å². The van der Waals surface area contributed by atoms with Gasteiger partial charge in [-0.3, -0.25) is 0 Å². The van der Waals surface area contributed by atoms with Crippen LogP contribution in [0.4, 0.5) is 0 Å². The van der Waals surface area contributed by atoms with Crippen molar-refractivity contribution >= 4 is 18.8 Å². The maximum atomic E-state index is 8.36. The Morgan fingerprint density at radius 1 is 1.40 bits per heavy atom. The molecule has 60 valence electrons. The van der Waals surface area contributed by atoms with Gasteiger partial charge in [0.05, 0.1) is 0 Å². The molecule has 0 radical (unpaired) electrons. The van der Waals surface area contributed by atoms with Crippen LogP contribution in [0.25, 0.3) is 0 Å². The van der Waals surface area contributed by atoms with Gasteiger partial charge in [0, 0.05) is 0 Å². The second-order valence-corrected chi connectivity index (χ2v) is 5.21. The summed E-state index contributed by atoms with van der Waals surface area (Å²) in [4.78, 5) is 25.1. The van der Waals surface area contributed by atoms with Crippen LogP contribution in [0.1, 0.15) is 13.8 Å². The third kappa shape index (κ3) is 8.01. The molecule has 0 bridgehead atoms. The summed E-state index contributed by atoms with van der Waals surface area (Å²) in [5.41, 5.74) is 2.84. The van der Waals surface area contributed by atoms with Gasteiger partial charge in [0.1, 0.15) is 0 Å². The zero-order valence-corrected chi connectivity index (χ0v) is 8.45. The summed E-state index contributed by atoms with van der Waals surface area (Å²) in [7, 11) is -5.30. The predicted molar refractivity (Wildman–Crippen MR) is 41.5 cm³/mol. The monoisotopic (exact) mass is 180 g/mol. The van der Waals surface area contributed by atoms with Crippen LogP contribution in [-0.2, 0) is 4.12 Å². The van der Waals surface area contributed by atoms with E-state index in [1.54, 1.807) is 5.70 Å². The van der Waals surface area contributed by atoms with E-state index < -0.39 is 18.8 Å². The van der Waals surface area contributed by atoms with Crippen LogP contribution in [-0.4, -0.2) is 33.2 Å². The van der Waals surface area contributed by atoms with E-state index in [1.807, 2.05) is 13.8 Å². The van der Waals surface area contributed by atoms with Crippen molar-refractivity contribution in [3.63, 3.8) is 0 Å². The largest absolute Gasteiger partial charge is 0.660 e. The molecule has 0 aromatic carbocycles. The van der Waals surface area contributed by atoms with Crippen molar-refractivity contribution in [1.82, 2.24) is 0 Å². The van der Waals surface area contributed by atoms with Gasteiger partial charge < -0.3 is 18.5 Å². The molecule has 0 fully saturated rings. The molecule has 0 aliphatic carbocycles. The minimum absolute atomic E-state index is 1.06. The molecule has 0 unspecified atom stereocenters. The van der Waals surface area contributed by atoms with Gasteiger partial charge in [-0.05, 0) is 13.8 Å². The smallest absolute Gasteiger partial charge is 0.396 e. The summed E-state index contributed by atoms with van der Waals surface area (Å²) in [6, 6.07) is 0. The fourth-order valence-corrected chi connectivity index (χ4v) is 1.88. The Bertz CT molecular complexity index is 124. The van der Waals surface area contributed by atoms with Crippen molar-refractivity contribution < 1.29 is 18.5 Å². The quantitative estimate of drug-likeness (QED) is 0.459. The molecule has 6 heteroatoms. The first-order valence-electron chi connectivity index (χ1n) is 2.86. The summed E-state index contributed by atoms with van der Waals surface area (Å²) in [5, 5.41) is 0. The zero-order valence-electron chi connectivity index (χ0n) is 6.03. The Morgan fingerprint density at radius 2 is 1.90 bits per heavy atom. The third-order valence-electron chi connectivity index (χ3n) is 0.769. The molecule has 0 aliphatic rings. The van der Waals surface area contributed by atoms with Crippen molar-refractivity contribution in [2.75, 3.05) is 0 Å². The van der Waals surface area contributed by atoms with Crippen LogP contribution in [0.3, 0.4) is 0 Å². The normalized spacial score (nSPS) is 12.5. The Kier molecular flexibility index (Phi) is 4.02. The van der Waals surface area contributed by atoms with Crippen molar-refractivity contribution in [2.24, 2.45) is 0 Å². The molecule has 3 N–H and O–H groups in total. The maximum absolute atomic E-state index is 8.36. The highest BCUT2D eigenvalue weighted by Gasteiger charge is 2.28. The topological polar surface area (TPSA) is 69.9 Å². The Balaban J connectivity index is 3.47. The number of allylic oxidation sites excluding steroid dienone is 1. The first-order valence-corrected chi connectivity index (χ1v) is 6.00. The number of hydrogen-bond donors (Lipinski definition) is 3. The molecular formula is C4H12O4Si2. The summed E-state index contributed by atoms with van der Waals surface area (Å²) in [6.07, 6.45) is 0. The van der Waals surface area contributed by atoms with E-state index in [1.165, 1.54) is 0 Å². The van der Waals surface area contributed by atoms with Crippen LogP contribution in [0.2, 0.25) is 0 Å². The van der Waals surface area contributed by atoms with E-state index >= 15 is 0 Å². The van der Waals surface area contributed by atoms with E-state index in [9.17, 15) is 0 Å². The van der Waals surface area contributed by atoms with Crippen molar-refractivity contribution in [3.05, 3.63) is 11.3 Å². The number of hydrogen-bond acceptors (Lipinski definition) is 4. The summed E-state index contributed by atoms with van der Waals surface area (Å²) >= 11 is 0. The molecule has 0 aliphatic heterocycles. The van der Waals surface area contributed by atoms with Gasteiger partial charge in [0.15, 0.2) is 9.76 Å². The first kappa shape index (κ1) is 10.0. The minimum Gasteiger partial charge on any atom is -0.396 e. The molecule has 0 spiro atoms. The predicted octanol–water partition coefficient (Wildman–Crippen LogP) is -1.58. The third-order valence-corrected chi connectivity index (χ3v) is 3.97. The van der Waals surface area contributed by atoms with Crippen LogP contribution in [0, 0.1) is 0 Å². The highest BCUT2D eigenvalue weighted by molar-refractivity contribution is 6.58. The first-order chi connectivity index (χ1) is 4.42. The Hall–Kier alpha value is 0.0138. The molecule has 4 nitrogen and oxygen atoms in total. The summed E-state index contributed by atoms with van der Waals surface area (Å²) < 4.78 is 4.41. The molecule has 0 aromatic rings. The highest BCUT2D eigenvalue weighted by atomic mass is 28.4. The lowest BCUT2D eigenvalue weighted by molar-refractivity contribution is 0.132. The van der Waals surface area contributed by atoms with Gasteiger partial charge in [0.25, 0.3) is 0 Å². The summed E-state index contributed by atoms with van der Waals surface area (Å²) in [6.45, 7) is 3.76. The molecule has 0 aromatic heterocycles. The SMILES string of the molecule is CC(C)=C[SiH2]O[Si](O)(O)O. The molecule has 0 atom stereocenters. The van der Waals surface area contributed by atoms with Crippen molar-refractivity contribution in [1.29, 1.82) is 0 Å². The van der Waals surface area contributed by atoms with Gasteiger partial charge in [-0.2, -0.15) is 0 Å². The average molecular weight is 180 g/mol. The van der Waals surface area contributed by atoms with E-state index in [2.05, 4.69) is 4.12 Å². The standard InChI is InChI=1S/C4H12O4Si2/c1-4(2)3-9-8-10(5,6)7/h3,5-7H,9H2,1-2H3. The van der Waals surface area contributed by atoms with E-state index in [0.717, 1.165) is 5.57 Å². The van der Waals surface area contributed by atoms with Gasteiger partial charge in [-0.15, -0.1) is 0 Å². The maximum Gasteiger partial charge on any atom is 0.660 e. The molecule has 0 saturated heterocycles. The Labute approximate surface area is 63.2 Å². The van der Waals surface area contributed by atoms with Crippen LogP contribution >= 0.6 is 0 Å². The zero-order chi connectivity index (χ0) is 8.20. The van der Waals surface area contributed by atoms with Gasteiger partial charge in [-0.25, -0.2) is 0 Å². The molecule has 0 amide bonds. The fourth-order valence-electron chi connectivity index (χ4n) is 0.320. The van der Waals surface area contributed by atoms with Crippen LogP contribution in [0.15, 0.2) is 11.3 Å². The molecule has 10 heavy (non-hydrogen) atoms. The Morgan fingerprint density at radius 3 is 2.20 bits per heavy atom. The van der Waals surface area contributed by atoms with E-state index in [4.69, 9.17) is 14.4 Å². The van der Waals surface area contributed by atoms with Gasteiger partial charge in [0.2, 0.25) is 0 Å². The highest BCUT2D eigenvalue weighted by Crippen LogP contribution is 1.90. The minimum atomic E-state index is -4.21. The molecule has 0 heterocycles. The lowest BCUT2D eigenvalue weighted by atomic mass is 10.4. The number of rotatable bonds is 3. The average Bonchev–Trinajstić information content (AvgIpc) is 1.59. The van der Waals surface area contributed by atoms with Crippen molar-refractivity contribution in [2.45, 2.75) is 13.8 Å². The summed E-state index contributed by atoms with van der Waals surface area (Å²) in [5.74, 6) is 0. The van der Waals surface area contributed by atoms with Crippen LogP contribution < -0.4 is 0 Å².